The predicted molar refractivity (Wildman–Crippen MR) is 37.5 cm³/mol. The fourth-order valence-corrected chi connectivity index (χ4v) is 0.699. The summed E-state index contributed by atoms with van der Waals surface area (Å²) in [6.45, 7) is -0.334. The van der Waals surface area contributed by atoms with Crippen molar-refractivity contribution in [1.82, 2.24) is 4.90 Å². The van der Waals surface area contributed by atoms with Crippen molar-refractivity contribution in [3.8, 4) is 0 Å². The van der Waals surface area contributed by atoms with Crippen molar-refractivity contribution in [3.63, 3.8) is 0 Å². The Morgan fingerprint density at radius 2 is 1.85 bits per heavy atom. The van der Waals surface area contributed by atoms with E-state index in [4.69, 9.17) is 0 Å². The highest BCUT2D eigenvalue weighted by Crippen LogP contribution is 2.16. The first kappa shape index (κ1) is 11.7. The van der Waals surface area contributed by atoms with Crippen molar-refractivity contribution < 1.29 is 22.8 Å². The first-order valence-corrected chi connectivity index (χ1v) is 3.43. The zero-order valence-electron chi connectivity index (χ0n) is 6.89. The van der Waals surface area contributed by atoms with E-state index >= 15 is 0 Å². The lowest BCUT2D eigenvalue weighted by Crippen LogP contribution is -2.44. The van der Waals surface area contributed by atoms with Crippen LogP contribution in [-0.4, -0.2) is 36.0 Å². The van der Waals surface area contributed by atoms with Crippen molar-refractivity contribution >= 4 is 11.8 Å². The minimum atomic E-state index is -4.51. The van der Waals surface area contributed by atoms with Gasteiger partial charge in [-0.25, -0.2) is 0 Å². The van der Waals surface area contributed by atoms with Crippen LogP contribution in [0.2, 0.25) is 0 Å². The molecule has 0 aliphatic carbocycles. The van der Waals surface area contributed by atoms with Gasteiger partial charge in [0.15, 0.2) is 0 Å². The van der Waals surface area contributed by atoms with E-state index in [-0.39, 0.29) is 6.54 Å². The quantitative estimate of drug-likeness (QED) is 0.629. The second kappa shape index (κ2) is 4.11. The van der Waals surface area contributed by atoms with Crippen LogP contribution in [0, 0.1) is 0 Å². The molecule has 13 heavy (non-hydrogen) atoms. The zero-order valence-corrected chi connectivity index (χ0v) is 6.89. The second-order valence-electron chi connectivity index (χ2n) is 2.30. The number of carbonyl (C=O) groups is 2. The molecule has 0 aromatic rings. The molecule has 0 radical (unpaired) electrons. The van der Waals surface area contributed by atoms with Gasteiger partial charge in [-0.05, 0) is 6.92 Å². The van der Waals surface area contributed by atoms with Gasteiger partial charge in [0.05, 0.1) is 0 Å². The van der Waals surface area contributed by atoms with Gasteiger partial charge in [-0.2, -0.15) is 13.2 Å². The number of carbonyl (C=O) groups excluding carboxylic acids is 2. The Balaban J connectivity index is 4.36. The van der Waals surface area contributed by atoms with Gasteiger partial charge in [-0.15, -0.1) is 0 Å². The van der Waals surface area contributed by atoms with Crippen LogP contribution in [0.25, 0.3) is 0 Å². The van der Waals surface area contributed by atoms with Gasteiger partial charge in [-0.3, -0.25) is 9.59 Å². The summed E-state index contributed by atoms with van der Waals surface area (Å²) >= 11 is 0. The minimum absolute atomic E-state index is 0.207. The molecule has 76 valence electrons. The van der Waals surface area contributed by atoms with Gasteiger partial charge in [-0.1, -0.05) is 0 Å². The molecule has 0 aliphatic rings. The van der Waals surface area contributed by atoms with Crippen LogP contribution in [0.4, 0.5) is 13.2 Å². The van der Waals surface area contributed by atoms with Crippen molar-refractivity contribution in [2.75, 3.05) is 13.1 Å². The van der Waals surface area contributed by atoms with Gasteiger partial charge in [0, 0.05) is 6.54 Å². The number of nitrogens with zero attached hydrogens (tertiary/aromatic N) is 1. The van der Waals surface area contributed by atoms with Gasteiger partial charge < -0.3 is 10.6 Å². The van der Waals surface area contributed by atoms with Crippen LogP contribution in [0.1, 0.15) is 6.92 Å². The van der Waals surface area contributed by atoms with Crippen LogP contribution in [0.3, 0.4) is 0 Å². The van der Waals surface area contributed by atoms with Crippen molar-refractivity contribution in [2.45, 2.75) is 13.1 Å². The smallest absolute Gasteiger partial charge is 0.361 e. The Labute approximate surface area is 72.5 Å². The predicted octanol–water partition coefficient (Wildman–Crippen LogP) is -0.117. The third-order valence-electron chi connectivity index (χ3n) is 1.25. The highest BCUT2D eigenvalue weighted by molar-refractivity contribution is 6.34. The summed E-state index contributed by atoms with van der Waals surface area (Å²) in [5.74, 6) is -2.70. The fourth-order valence-electron chi connectivity index (χ4n) is 0.699. The van der Waals surface area contributed by atoms with Crippen molar-refractivity contribution in [3.05, 3.63) is 0 Å². The molecule has 0 saturated heterocycles. The molecule has 0 atom stereocenters. The first-order valence-electron chi connectivity index (χ1n) is 3.43. The maximum absolute atomic E-state index is 11.8. The molecular weight excluding hydrogens is 189 g/mol. The van der Waals surface area contributed by atoms with Crippen molar-refractivity contribution in [2.24, 2.45) is 5.73 Å². The average Bonchev–Trinajstić information content (AvgIpc) is 1.97. The molecule has 0 heterocycles. The number of primary amides is 1. The number of amides is 2. The topological polar surface area (TPSA) is 63.4 Å². The molecule has 0 saturated carbocycles. The van der Waals surface area contributed by atoms with Crippen molar-refractivity contribution in [1.29, 1.82) is 0 Å². The summed E-state index contributed by atoms with van der Waals surface area (Å²) in [7, 11) is 0. The summed E-state index contributed by atoms with van der Waals surface area (Å²) in [6, 6.07) is 0. The SMILES string of the molecule is CCN(CC(F)(F)F)C(=O)C(N)=O. The molecule has 2 amide bonds. The number of alkyl halides is 3. The van der Waals surface area contributed by atoms with E-state index in [1.165, 1.54) is 6.92 Å². The van der Waals surface area contributed by atoms with Crippen LogP contribution >= 0.6 is 0 Å². The normalized spacial score (nSPS) is 11.1. The number of likely N-dealkylation sites (N-methyl/N-ethyl adjacent to an activating group) is 1. The highest BCUT2D eigenvalue weighted by Gasteiger charge is 2.33. The van der Waals surface area contributed by atoms with E-state index in [0.29, 0.717) is 4.90 Å². The molecule has 0 aromatic carbocycles. The largest absolute Gasteiger partial charge is 0.406 e. The third-order valence-corrected chi connectivity index (χ3v) is 1.25. The Kier molecular flexibility index (Phi) is 3.70. The Bertz CT molecular complexity index is 214. The van der Waals surface area contributed by atoms with Crippen LogP contribution in [-0.2, 0) is 9.59 Å². The second-order valence-corrected chi connectivity index (χ2v) is 2.30. The summed E-state index contributed by atoms with van der Waals surface area (Å²) in [6.07, 6.45) is -4.51. The van der Waals surface area contributed by atoms with Crippen LogP contribution in [0.5, 0.6) is 0 Å². The number of halogens is 3. The molecule has 0 spiro atoms. The van der Waals surface area contributed by atoms with Gasteiger partial charge >= 0.3 is 18.0 Å². The molecular formula is C6H9F3N2O2. The molecule has 0 aromatic heterocycles. The van der Waals surface area contributed by atoms with E-state index in [1.807, 2.05) is 0 Å². The summed E-state index contributed by atoms with van der Waals surface area (Å²) in [5, 5.41) is 0. The first-order chi connectivity index (χ1) is 5.78. The molecule has 2 N–H and O–H groups in total. The molecule has 0 rings (SSSR count). The van der Waals surface area contributed by atoms with Gasteiger partial charge in [0.25, 0.3) is 0 Å². The Morgan fingerprint density at radius 1 is 1.38 bits per heavy atom. The average molecular weight is 198 g/mol. The molecule has 4 nitrogen and oxygen atoms in total. The van der Waals surface area contributed by atoms with E-state index in [9.17, 15) is 22.8 Å². The maximum Gasteiger partial charge on any atom is 0.406 e. The molecule has 0 bridgehead atoms. The van der Waals surface area contributed by atoms with E-state index in [0.717, 1.165) is 0 Å². The standard InChI is InChI=1S/C6H9F3N2O2/c1-2-11(3-6(7,8)9)5(13)4(10)12/h2-3H2,1H3,(H2,10,12). The van der Waals surface area contributed by atoms with Crippen LogP contribution in [0.15, 0.2) is 0 Å². The fraction of sp³-hybridized carbons (Fsp3) is 0.667. The minimum Gasteiger partial charge on any atom is -0.361 e. The summed E-state index contributed by atoms with van der Waals surface area (Å²) < 4.78 is 35.3. The third kappa shape index (κ3) is 4.34. The lowest BCUT2D eigenvalue weighted by molar-refractivity contribution is -0.163. The number of hydrogen-bond acceptors (Lipinski definition) is 2. The maximum atomic E-state index is 11.8. The summed E-state index contributed by atoms with van der Waals surface area (Å²) in [4.78, 5) is 21.3. The molecule has 0 fully saturated rings. The molecule has 0 unspecified atom stereocenters. The monoisotopic (exact) mass is 198 g/mol. The number of hydrogen-bond donors (Lipinski definition) is 1. The highest BCUT2D eigenvalue weighted by atomic mass is 19.4. The van der Waals surface area contributed by atoms with E-state index in [1.54, 1.807) is 0 Å². The lowest BCUT2D eigenvalue weighted by Gasteiger charge is -2.20. The summed E-state index contributed by atoms with van der Waals surface area (Å²) in [5.41, 5.74) is 4.53. The van der Waals surface area contributed by atoms with Crippen LogP contribution < -0.4 is 5.73 Å². The van der Waals surface area contributed by atoms with Gasteiger partial charge in [0.2, 0.25) is 0 Å². The molecule has 7 heteroatoms. The Morgan fingerprint density at radius 3 is 2.08 bits per heavy atom. The van der Waals surface area contributed by atoms with Gasteiger partial charge in [0.1, 0.15) is 6.54 Å². The Hall–Kier alpha value is -1.27. The lowest BCUT2D eigenvalue weighted by atomic mass is 10.4. The number of nitrogens with two attached hydrogens (primary N) is 1. The zero-order chi connectivity index (χ0) is 10.6. The number of rotatable bonds is 2. The van der Waals surface area contributed by atoms with E-state index < -0.39 is 24.5 Å². The molecule has 0 aliphatic heterocycles. The van der Waals surface area contributed by atoms with E-state index in [2.05, 4.69) is 5.73 Å².